The lowest BCUT2D eigenvalue weighted by atomic mass is 9.77. The molecule has 2 N–H and O–H groups in total. The molecule has 3 amide bonds. The molecule has 0 unspecified atom stereocenters. The maximum absolute atomic E-state index is 12.5. The fraction of sp³-hybridized carbons (Fsp3) is 0.857. The summed E-state index contributed by atoms with van der Waals surface area (Å²) in [5.41, 5.74) is -1.53. The van der Waals surface area contributed by atoms with Crippen LogP contribution in [0.3, 0.4) is 0 Å². The van der Waals surface area contributed by atoms with Crippen molar-refractivity contribution in [3.05, 3.63) is 0 Å². The first-order valence-corrected chi connectivity index (χ1v) is 7.10. The van der Waals surface area contributed by atoms with Gasteiger partial charge in [0.25, 0.3) is 5.91 Å². The van der Waals surface area contributed by atoms with Crippen molar-refractivity contribution in [2.24, 2.45) is 5.92 Å². The summed E-state index contributed by atoms with van der Waals surface area (Å²) in [7, 11) is 0. The van der Waals surface area contributed by atoms with Crippen molar-refractivity contribution in [1.82, 2.24) is 10.2 Å². The summed E-state index contributed by atoms with van der Waals surface area (Å²) in [6, 6.07) is -0.302. The van der Waals surface area contributed by atoms with Gasteiger partial charge in [-0.2, -0.15) is 0 Å². The van der Waals surface area contributed by atoms with E-state index in [2.05, 4.69) is 12.2 Å². The van der Waals surface area contributed by atoms with Gasteiger partial charge in [0.1, 0.15) is 5.54 Å². The van der Waals surface area contributed by atoms with Crippen LogP contribution >= 0.6 is 0 Å². The predicted octanol–water partition coefficient (Wildman–Crippen LogP) is 1.65. The van der Waals surface area contributed by atoms with Gasteiger partial charge < -0.3 is 10.4 Å². The van der Waals surface area contributed by atoms with Crippen LogP contribution in [0.5, 0.6) is 0 Å². The highest BCUT2D eigenvalue weighted by Crippen LogP contribution is 2.36. The Labute approximate surface area is 114 Å². The highest BCUT2D eigenvalue weighted by Gasteiger charge is 2.51. The lowest BCUT2D eigenvalue weighted by molar-refractivity contribution is -0.133. The number of amides is 3. The lowest BCUT2D eigenvalue weighted by Gasteiger charge is -2.33. The van der Waals surface area contributed by atoms with Gasteiger partial charge in [-0.25, -0.2) is 4.79 Å². The Kier molecular flexibility index (Phi) is 3.60. The van der Waals surface area contributed by atoms with Gasteiger partial charge in [-0.05, 0) is 51.9 Å². The minimum atomic E-state index is -0.864. The highest BCUT2D eigenvalue weighted by atomic mass is 16.3. The maximum atomic E-state index is 12.5. The summed E-state index contributed by atoms with van der Waals surface area (Å²) in [5, 5.41) is 12.6. The maximum Gasteiger partial charge on any atom is 0.325 e. The van der Waals surface area contributed by atoms with Crippen LogP contribution in [0.1, 0.15) is 52.9 Å². The minimum absolute atomic E-state index is 0.103. The number of nitrogens with zero attached hydrogens (tertiary/aromatic N) is 1. The quantitative estimate of drug-likeness (QED) is 0.765. The molecule has 2 fully saturated rings. The van der Waals surface area contributed by atoms with Crippen molar-refractivity contribution in [1.29, 1.82) is 0 Å². The van der Waals surface area contributed by atoms with E-state index in [0.717, 1.165) is 25.7 Å². The summed E-state index contributed by atoms with van der Waals surface area (Å²) in [4.78, 5) is 25.7. The van der Waals surface area contributed by atoms with Crippen LogP contribution in [0.4, 0.5) is 4.79 Å². The van der Waals surface area contributed by atoms with Crippen LogP contribution in [0.2, 0.25) is 0 Å². The molecule has 1 saturated heterocycles. The molecular formula is C14H24N2O3. The standard InChI is InChI=1S/C14H24N2O3/c1-10-4-6-14(7-5-10)11(17)16(12(18)15-14)9-8-13(2,3)19/h10,19H,4-9H2,1-3H3,(H,15,18). The van der Waals surface area contributed by atoms with Crippen molar-refractivity contribution in [2.45, 2.75) is 64.0 Å². The molecule has 0 bridgehead atoms. The van der Waals surface area contributed by atoms with Crippen LogP contribution in [0.15, 0.2) is 0 Å². The van der Waals surface area contributed by atoms with Gasteiger partial charge in [0.05, 0.1) is 5.60 Å². The average Bonchev–Trinajstić information content (AvgIpc) is 2.52. The predicted molar refractivity (Wildman–Crippen MR) is 71.5 cm³/mol. The van der Waals surface area contributed by atoms with E-state index in [-0.39, 0.29) is 18.5 Å². The van der Waals surface area contributed by atoms with Crippen molar-refractivity contribution in [3.63, 3.8) is 0 Å². The molecular weight excluding hydrogens is 244 g/mol. The van der Waals surface area contributed by atoms with Crippen molar-refractivity contribution < 1.29 is 14.7 Å². The van der Waals surface area contributed by atoms with Crippen LogP contribution in [0.25, 0.3) is 0 Å². The molecule has 1 aliphatic heterocycles. The second-order valence-corrected chi connectivity index (χ2v) is 6.71. The third-order valence-corrected chi connectivity index (χ3v) is 4.32. The third kappa shape index (κ3) is 2.91. The number of carbonyl (C=O) groups is 2. The zero-order valence-electron chi connectivity index (χ0n) is 12.0. The summed E-state index contributed by atoms with van der Waals surface area (Å²) < 4.78 is 0. The first-order valence-electron chi connectivity index (χ1n) is 7.10. The summed E-state index contributed by atoms with van der Waals surface area (Å²) in [5.74, 6) is 0.523. The number of aliphatic hydroxyl groups is 1. The molecule has 5 heteroatoms. The molecule has 1 aliphatic carbocycles. The van der Waals surface area contributed by atoms with Gasteiger partial charge in [0.2, 0.25) is 0 Å². The van der Waals surface area contributed by atoms with Crippen LogP contribution in [0, 0.1) is 5.92 Å². The van der Waals surface area contributed by atoms with Crippen molar-refractivity contribution in [2.75, 3.05) is 6.54 Å². The van der Waals surface area contributed by atoms with Gasteiger partial charge in [-0.15, -0.1) is 0 Å². The van der Waals surface area contributed by atoms with Gasteiger partial charge in [-0.3, -0.25) is 9.69 Å². The second-order valence-electron chi connectivity index (χ2n) is 6.71. The lowest BCUT2D eigenvalue weighted by Crippen LogP contribution is -2.49. The monoisotopic (exact) mass is 268 g/mol. The second kappa shape index (κ2) is 4.78. The number of urea groups is 1. The Hall–Kier alpha value is -1.10. The molecule has 0 aromatic rings. The summed E-state index contributed by atoms with van der Waals surface area (Å²) >= 11 is 0. The van der Waals surface area contributed by atoms with E-state index < -0.39 is 11.1 Å². The minimum Gasteiger partial charge on any atom is -0.390 e. The number of imide groups is 1. The van der Waals surface area contributed by atoms with Crippen molar-refractivity contribution in [3.8, 4) is 0 Å². The molecule has 5 nitrogen and oxygen atoms in total. The number of carbonyl (C=O) groups excluding carboxylic acids is 2. The van der Waals surface area contributed by atoms with Gasteiger partial charge in [-0.1, -0.05) is 6.92 Å². The zero-order valence-corrected chi connectivity index (χ0v) is 12.0. The molecule has 2 aliphatic rings. The Morgan fingerprint density at radius 1 is 1.37 bits per heavy atom. The van der Waals surface area contributed by atoms with Crippen LogP contribution < -0.4 is 5.32 Å². The molecule has 19 heavy (non-hydrogen) atoms. The third-order valence-electron chi connectivity index (χ3n) is 4.32. The van der Waals surface area contributed by atoms with Gasteiger partial charge in [0, 0.05) is 6.54 Å². The smallest absolute Gasteiger partial charge is 0.325 e. The number of hydrogen-bond donors (Lipinski definition) is 2. The SMILES string of the molecule is CC1CCC2(CC1)NC(=O)N(CCC(C)(C)O)C2=O. The van der Waals surface area contributed by atoms with E-state index in [9.17, 15) is 14.7 Å². The largest absolute Gasteiger partial charge is 0.390 e. The Morgan fingerprint density at radius 3 is 2.47 bits per heavy atom. The van der Waals surface area contributed by atoms with E-state index in [1.807, 2.05) is 0 Å². The average molecular weight is 268 g/mol. The molecule has 1 saturated carbocycles. The Morgan fingerprint density at radius 2 is 1.95 bits per heavy atom. The molecule has 0 aromatic carbocycles. The first kappa shape index (κ1) is 14.3. The molecule has 2 rings (SSSR count). The highest BCUT2D eigenvalue weighted by molar-refractivity contribution is 6.07. The van der Waals surface area contributed by atoms with Crippen LogP contribution in [-0.2, 0) is 4.79 Å². The van der Waals surface area contributed by atoms with E-state index in [4.69, 9.17) is 0 Å². The van der Waals surface area contributed by atoms with Crippen LogP contribution in [-0.4, -0.2) is 39.6 Å². The summed E-state index contributed by atoms with van der Waals surface area (Å²) in [6.45, 7) is 5.83. The van der Waals surface area contributed by atoms with E-state index in [1.54, 1.807) is 13.8 Å². The molecule has 1 spiro atoms. The number of rotatable bonds is 3. The Balaban J connectivity index is 2.04. The zero-order chi connectivity index (χ0) is 14.3. The normalized spacial score (nSPS) is 32.0. The number of nitrogens with one attached hydrogen (secondary N) is 1. The fourth-order valence-corrected chi connectivity index (χ4v) is 2.86. The summed E-state index contributed by atoms with van der Waals surface area (Å²) in [6.07, 6.45) is 3.82. The van der Waals surface area contributed by atoms with E-state index >= 15 is 0 Å². The fourth-order valence-electron chi connectivity index (χ4n) is 2.86. The van der Waals surface area contributed by atoms with E-state index in [0.29, 0.717) is 12.3 Å². The van der Waals surface area contributed by atoms with Crippen molar-refractivity contribution >= 4 is 11.9 Å². The molecule has 1 heterocycles. The first-order chi connectivity index (χ1) is 8.73. The van der Waals surface area contributed by atoms with E-state index in [1.165, 1.54) is 4.90 Å². The Bertz CT molecular complexity index is 379. The van der Waals surface area contributed by atoms with Gasteiger partial charge >= 0.3 is 6.03 Å². The molecule has 0 aromatic heterocycles. The molecule has 108 valence electrons. The molecule has 0 radical (unpaired) electrons. The molecule has 0 atom stereocenters. The number of hydrogen-bond acceptors (Lipinski definition) is 3. The van der Waals surface area contributed by atoms with Gasteiger partial charge in [0.15, 0.2) is 0 Å². The topological polar surface area (TPSA) is 69.6 Å².